The van der Waals surface area contributed by atoms with E-state index in [1.807, 2.05) is 0 Å². The number of hydrogen-bond acceptors (Lipinski definition) is 0. The van der Waals surface area contributed by atoms with Crippen LogP contribution in [0.15, 0.2) is 54.6 Å². The van der Waals surface area contributed by atoms with Crippen molar-refractivity contribution >= 4 is 6.21 Å². The Labute approximate surface area is 156 Å². The van der Waals surface area contributed by atoms with Gasteiger partial charge in [-0.1, -0.05) is 67.9 Å². The molecule has 0 amide bonds. The molecule has 5 rings (SSSR count). The summed E-state index contributed by atoms with van der Waals surface area (Å²) >= 11 is 0. The molecule has 2 heterocycles. The number of rotatable bonds is 4. The minimum atomic E-state index is 0. The maximum atomic E-state index is 2.63. The van der Waals surface area contributed by atoms with Gasteiger partial charge in [0.15, 0.2) is 12.3 Å². The summed E-state index contributed by atoms with van der Waals surface area (Å²) in [6, 6.07) is 20.8. The Kier molecular flexibility index (Phi) is 4.90. The lowest BCUT2D eigenvalue weighted by atomic mass is 9.63. The first-order valence-electron chi connectivity index (χ1n) is 8.62. The van der Waals surface area contributed by atoms with Crippen LogP contribution in [0.4, 0.5) is 0 Å². The second-order valence-electron chi connectivity index (χ2n) is 6.70. The van der Waals surface area contributed by atoms with E-state index in [-0.39, 0.29) is 29.4 Å². The average molecular weight is 417 g/mol. The molecule has 0 fully saturated rings. The molecule has 23 heavy (non-hydrogen) atoms. The highest BCUT2D eigenvalue weighted by molar-refractivity contribution is 5.79. The SMILES string of the molecule is CCCC[N+]1=CC2(c3ccccc3)CCC1c1ccccc12.[I-]. The van der Waals surface area contributed by atoms with Crippen molar-refractivity contribution in [3.63, 3.8) is 0 Å². The summed E-state index contributed by atoms with van der Waals surface area (Å²) < 4.78 is 2.63. The first-order chi connectivity index (χ1) is 10.8. The van der Waals surface area contributed by atoms with Crippen molar-refractivity contribution in [2.75, 3.05) is 6.54 Å². The monoisotopic (exact) mass is 417 g/mol. The Morgan fingerprint density at radius 2 is 1.78 bits per heavy atom. The van der Waals surface area contributed by atoms with Gasteiger partial charge in [-0.3, -0.25) is 0 Å². The summed E-state index contributed by atoms with van der Waals surface area (Å²) in [5.74, 6) is 0. The lowest BCUT2D eigenvalue weighted by Crippen LogP contribution is -3.00. The molecule has 0 saturated carbocycles. The molecule has 0 radical (unpaired) electrons. The Hall–Kier alpha value is -1.16. The van der Waals surface area contributed by atoms with Gasteiger partial charge in [-0.05, 0) is 17.5 Å². The zero-order chi connectivity index (χ0) is 15.0. The van der Waals surface area contributed by atoms with E-state index in [2.05, 4.69) is 72.3 Å². The molecule has 2 aromatic carbocycles. The average Bonchev–Trinajstić information content (AvgIpc) is 2.61. The molecular weight excluding hydrogens is 393 g/mol. The lowest BCUT2D eigenvalue weighted by Gasteiger charge is -2.42. The molecule has 120 valence electrons. The van der Waals surface area contributed by atoms with Crippen LogP contribution in [0.2, 0.25) is 0 Å². The van der Waals surface area contributed by atoms with Gasteiger partial charge in [-0.15, -0.1) is 0 Å². The van der Waals surface area contributed by atoms with Gasteiger partial charge in [0.05, 0.1) is 5.41 Å². The summed E-state index contributed by atoms with van der Waals surface area (Å²) in [6.07, 6.45) is 7.60. The topological polar surface area (TPSA) is 3.01 Å². The number of halogens is 1. The normalized spacial score (nSPS) is 24.6. The summed E-state index contributed by atoms with van der Waals surface area (Å²) in [5, 5.41) is 0. The second-order valence-corrected chi connectivity index (χ2v) is 6.70. The van der Waals surface area contributed by atoms with Gasteiger partial charge in [0.1, 0.15) is 6.54 Å². The van der Waals surface area contributed by atoms with Crippen LogP contribution in [0.3, 0.4) is 0 Å². The van der Waals surface area contributed by atoms with Crippen LogP contribution >= 0.6 is 0 Å². The van der Waals surface area contributed by atoms with E-state index in [1.165, 1.54) is 43.4 Å². The molecule has 3 aliphatic rings. The number of nitrogens with zero attached hydrogens (tertiary/aromatic N) is 1. The smallest absolute Gasteiger partial charge is 0.178 e. The van der Waals surface area contributed by atoms with Crippen LogP contribution in [0.1, 0.15) is 55.3 Å². The van der Waals surface area contributed by atoms with Gasteiger partial charge in [-0.25, -0.2) is 4.58 Å². The summed E-state index contributed by atoms with van der Waals surface area (Å²) in [7, 11) is 0. The fourth-order valence-electron chi connectivity index (χ4n) is 4.37. The summed E-state index contributed by atoms with van der Waals surface area (Å²) in [4.78, 5) is 0. The molecule has 0 saturated heterocycles. The van der Waals surface area contributed by atoms with Crippen molar-refractivity contribution in [3.05, 3.63) is 71.3 Å². The molecular formula is C21H24IN. The van der Waals surface area contributed by atoms with Crippen LogP contribution < -0.4 is 24.0 Å². The summed E-state index contributed by atoms with van der Waals surface area (Å²) in [6.45, 7) is 3.47. The third-order valence-electron chi connectivity index (χ3n) is 5.46. The Morgan fingerprint density at radius 3 is 2.57 bits per heavy atom. The Bertz CT molecular complexity index is 707. The first-order valence-corrected chi connectivity index (χ1v) is 8.62. The van der Waals surface area contributed by atoms with Crippen molar-refractivity contribution in [2.24, 2.45) is 0 Å². The molecule has 2 atom stereocenters. The van der Waals surface area contributed by atoms with Crippen molar-refractivity contribution in [2.45, 2.75) is 44.1 Å². The van der Waals surface area contributed by atoms with Crippen molar-refractivity contribution < 1.29 is 28.6 Å². The van der Waals surface area contributed by atoms with Crippen LogP contribution in [-0.2, 0) is 5.41 Å². The molecule has 2 aliphatic heterocycles. The highest BCUT2D eigenvalue weighted by Gasteiger charge is 2.50. The van der Waals surface area contributed by atoms with Crippen molar-refractivity contribution in [1.82, 2.24) is 0 Å². The maximum absolute atomic E-state index is 2.63. The van der Waals surface area contributed by atoms with E-state index in [0.29, 0.717) is 6.04 Å². The summed E-state index contributed by atoms with van der Waals surface area (Å²) in [5.41, 5.74) is 4.61. The predicted octanol–water partition coefficient (Wildman–Crippen LogP) is 1.71. The van der Waals surface area contributed by atoms with Crippen LogP contribution in [0, 0.1) is 0 Å². The van der Waals surface area contributed by atoms with Gasteiger partial charge >= 0.3 is 0 Å². The quantitative estimate of drug-likeness (QED) is 0.527. The second kappa shape index (κ2) is 6.76. The van der Waals surface area contributed by atoms with Gasteiger partial charge in [-0.2, -0.15) is 0 Å². The predicted molar refractivity (Wildman–Crippen MR) is 91.7 cm³/mol. The maximum Gasteiger partial charge on any atom is 0.178 e. The van der Waals surface area contributed by atoms with Gasteiger partial charge in [0.2, 0.25) is 0 Å². The van der Waals surface area contributed by atoms with E-state index < -0.39 is 0 Å². The molecule has 0 aromatic heterocycles. The third-order valence-corrected chi connectivity index (χ3v) is 5.46. The van der Waals surface area contributed by atoms with Gasteiger partial charge in [0.25, 0.3) is 0 Å². The number of unbranched alkanes of at least 4 members (excludes halogenated alkanes) is 1. The Balaban J connectivity index is 0.00000156. The molecule has 0 N–H and O–H groups in total. The molecule has 1 nitrogen and oxygen atoms in total. The van der Waals surface area contributed by atoms with Gasteiger partial charge in [0, 0.05) is 18.4 Å². The van der Waals surface area contributed by atoms with Gasteiger partial charge < -0.3 is 24.0 Å². The fourth-order valence-corrected chi connectivity index (χ4v) is 4.37. The van der Waals surface area contributed by atoms with E-state index in [9.17, 15) is 0 Å². The minimum absolute atomic E-state index is 0. The first kappa shape index (κ1) is 16.7. The van der Waals surface area contributed by atoms with Crippen molar-refractivity contribution in [3.8, 4) is 0 Å². The van der Waals surface area contributed by atoms with Crippen LogP contribution in [0.25, 0.3) is 0 Å². The standard InChI is InChI=1S/C21H24N.HI/c1-2-3-15-22-16-21(17-9-5-4-6-10-17)14-13-20(22)18-11-7-8-12-19(18)21;/h4-12,16,20H,2-3,13-15H2,1H3;1H/q+1;/p-1. The highest BCUT2D eigenvalue weighted by Crippen LogP contribution is 2.49. The van der Waals surface area contributed by atoms with E-state index in [4.69, 9.17) is 0 Å². The van der Waals surface area contributed by atoms with Crippen molar-refractivity contribution in [1.29, 1.82) is 0 Å². The number of hydrogen-bond donors (Lipinski definition) is 0. The minimum Gasteiger partial charge on any atom is -1.00 e. The van der Waals surface area contributed by atoms with E-state index in [0.717, 1.165) is 0 Å². The lowest BCUT2D eigenvalue weighted by molar-refractivity contribution is -0.579. The molecule has 2 bridgehead atoms. The highest BCUT2D eigenvalue weighted by atomic mass is 127. The molecule has 0 spiro atoms. The largest absolute Gasteiger partial charge is 1.00 e. The fraction of sp³-hybridized carbons (Fsp3) is 0.381. The van der Waals surface area contributed by atoms with Crippen LogP contribution in [-0.4, -0.2) is 17.3 Å². The zero-order valence-corrected chi connectivity index (χ0v) is 15.9. The van der Waals surface area contributed by atoms with E-state index in [1.54, 1.807) is 5.56 Å². The zero-order valence-electron chi connectivity index (χ0n) is 13.7. The molecule has 1 aliphatic carbocycles. The van der Waals surface area contributed by atoms with Crippen LogP contribution in [0.5, 0.6) is 0 Å². The Morgan fingerprint density at radius 1 is 1.04 bits per heavy atom. The molecule has 2 unspecified atom stereocenters. The molecule has 2 heteroatoms. The third kappa shape index (κ3) is 2.65. The number of fused-ring (bicyclic) bond motifs is 1. The van der Waals surface area contributed by atoms with E-state index >= 15 is 0 Å². The molecule has 2 aromatic rings. The number of benzene rings is 2.